The minimum atomic E-state index is -2.34. The number of hydrogen-bond donors (Lipinski definition) is 0. The van der Waals surface area contributed by atoms with Crippen LogP contribution in [0.2, 0.25) is 0 Å². The van der Waals surface area contributed by atoms with Gasteiger partial charge in [-0.1, -0.05) is 0 Å². The molecule has 0 radical (unpaired) electrons. The van der Waals surface area contributed by atoms with E-state index in [1.54, 1.807) is 19.9 Å². The van der Waals surface area contributed by atoms with Crippen LogP contribution in [0.15, 0.2) is 45.3 Å². The SMILES string of the molecule is C[C](C)=[Zr+2]([C]1=CC(C2(C)C3CC4CC(C3)CC2C4)=CC1C)[CH]1c2cc(C)c(C(C)(C)C)cc2-c2cc(C(C)(C)C)c(C)cc21.[Cl-].[Cl-]. The second-order valence-corrected chi connectivity index (χ2v) is 25.8. The minimum absolute atomic E-state index is 0. The van der Waals surface area contributed by atoms with E-state index in [9.17, 15) is 0 Å². The van der Waals surface area contributed by atoms with Crippen LogP contribution in [0.3, 0.4) is 0 Å². The van der Waals surface area contributed by atoms with Gasteiger partial charge in [0.1, 0.15) is 0 Å². The van der Waals surface area contributed by atoms with E-state index < -0.39 is 21.3 Å². The summed E-state index contributed by atoms with van der Waals surface area (Å²) in [6.45, 7) is 29.4. The summed E-state index contributed by atoms with van der Waals surface area (Å²) in [7, 11) is 0. The van der Waals surface area contributed by atoms with Crippen molar-refractivity contribution in [3.8, 4) is 11.1 Å². The molecule has 0 spiro atoms. The number of aryl methyl sites for hydroxylation is 2. The molecule has 0 aliphatic heterocycles. The van der Waals surface area contributed by atoms with Gasteiger partial charge in [-0.15, -0.1) is 0 Å². The summed E-state index contributed by atoms with van der Waals surface area (Å²) < 4.78 is 4.20. The molecule has 0 nitrogen and oxygen atoms in total. The monoisotopic (exact) mass is 734 g/mol. The quantitative estimate of drug-likeness (QED) is 0.378. The largest absolute Gasteiger partial charge is 1.00 e. The van der Waals surface area contributed by atoms with E-state index in [4.69, 9.17) is 0 Å². The zero-order chi connectivity index (χ0) is 31.7. The molecule has 2 aromatic carbocycles. The van der Waals surface area contributed by atoms with Crippen molar-refractivity contribution in [3.05, 3.63) is 78.7 Å². The molecule has 46 heavy (non-hydrogen) atoms. The Kier molecular flexibility index (Phi) is 9.72. The van der Waals surface area contributed by atoms with Crippen molar-refractivity contribution >= 4 is 3.21 Å². The van der Waals surface area contributed by atoms with E-state index in [1.165, 1.54) is 65.5 Å². The van der Waals surface area contributed by atoms with E-state index >= 15 is 0 Å². The topological polar surface area (TPSA) is 0 Å². The molecule has 4 bridgehead atoms. The molecular weight excluding hydrogens is 679 g/mol. The van der Waals surface area contributed by atoms with Crippen molar-refractivity contribution in [1.29, 1.82) is 0 Å². The molecule has 6 aliphatic carbocycles. The fourth-order valence-corrected chi connectivity index (χ4v) is 19.8. The Morgan fingerprint density at radius 2 is 1.15 bits per heavy atom. The summed E-state index contributed by atoms with van der Waals surface area (Å²) >= 11 is -2.34. The maximum atomic E-state index is 2.85. The molecule has 6 aliphatic rings. The van der Waals surface area contributed by atoms with Crippen molar-refractivity contribution in [2.75, 3.05) is 0 Å². The predicted octanol–water partition coefficient (Wildman–Crippen LogP) is 5.73. The van der Waals surface area contributed by atoms with Gasteiger partial charge in [-0.2, -0.15) is 0 Å². The fourth-order valence-electron chi connectivity index (χ4n) is 11.2. The van der Waals surface area contributed by atoms with Crippen LogP contribution >= 0.6 is 0 Å². The van der Waals surface area contributed by atoms with Crippen molar-refractivity contribution < 1.29 is 46.1 Å². The summed E-state index contributed by atoms with van der Waals surface area (Å²) in [5.41, 5.74) is 14.8. The Hall–Kier alpha value is -0.747. The molecule has 1 unspecified atom stereocenters. The number of rotatable bonds is 3. The molecule has 4 saturated carbocycles. The van der Waals surface area contributed by atoms with Crippen LogP contribution in [0, 0.1) is 48.9 Å². The summed E-state index contributed by atoms with van der Waals surface area (Å²) in [6, 6.07) is 10.5. The van der Waals surface area contributed by atoms with Crippen LogP contribution in [0.5, 0.6) is 0 Å². The molecule has 1 atom stereocenters. The van der Waals surface area contributed by atoms with Gasteiger partial charge in [0.25, 0.3) is 0 Å². The van der Waals surface area contributed by atoms with Gasteiger partial charge in [0.2, 0.25) is 0 Å². The molecule has 0 aromatic heterocycles. The van der Waals surface area contributed by atoms with Gasteiger partial charge in [0.05, 0.1) is 0 Å². The number of hydrogen-bond acceptors (Lipinski definition) is 0. The summed E-state index contributed by atoms with van der Waals surface area (Å²) in [5.74, 6) is 4.47. The Morgan fingerprint density at radius 3 is 1.54 bits per heavy atom. The van der Waals surface area contributed by atoms with Gasteiger partial charge >= 0.3 is 279 Å². The molecule has 3 heteroatoms. The van der Waals surface area contributed by atoms with E-state index in [2.05, 4.69) is 120 Å². The maximum absolute atomic E-state index is 2.85. The molecule has 0 amide bonds. The molecule has 0 N–H and O–H groups in total. The Morgan fingerprint density at radius 1 is 0.717 bits per heavy atom. The first kappa shape index (κ1) is 36.5. The number of benzene rings is 2. The fraction of sp³-hybridized carbons (Fsp3) is 0.605. The van der Waals surface area contributed by atoms with E-state index in [1.807, 2.05) is 3.28 Å². The first-order chi connectivity index (χ1) is 20.5. The molecule has 2 aromatic rings. The Balaban J connectivity index is 0.00000208. The van der Waals surface area contributed by atoms with Gasteiger partial charge < -0.3 is 24.8 Å². The number of allylic oxidation sites excluding steroid dienone is 4. The molecule has 4 fully saturated rings. The van der Waals surface area contributed by atoms with Gasteiger partial charge in [-0.05, 0) is 0 Å². The molecule has 0 saturated heterocycles. The average molecular weight is 737 g/mol. The normalized spacial score (nSPS) is 29.2. The third kappa shape index (κ3) is 5.62. The third-order valence-corrected chi connectivity index (χ3v) is 21.7. The van der Waals surface area contributed by atoms with Gasteiger partial charge in [0, 0.05) is 0 Å². The Labute approximate surface area is 301 Å². The Bertz CT molecular complexity index is 1550. The smallest absolute Gasteiger partial charge is 1.00 e. The van der Waals surface area contributed by atoms with Crippen molar-refractivity contribution in [1.82, 2.24) is 0 Å². The van der Waals surface area contributed by atoms with Gasteiger partial charge in [-0.25, -0.2) is 0 Å². The van der Waals surface area contributed by atoms with Crippen LogP contribution in [-0.2, 0) is 32.1 Å². The van der Waals surface area contributed by atoms with E-state index in [-0.39, 0.29) is 35.6 Å². The first-order valence-electron chi connectivity index (χ1n) is 17.9. The second kappa shape index (κ2) is 12.2. The molecule has 8 rings (SSSR count). The third-order valence-electron chi connectivity index (χ3n) is 13.1. The number of fused-ring (bicyclic) bond motifs is 3. The van der Waals surface area contributed by atoms with Crippen LogP contribution in [0.4, 0.5) is 0 Å². The van der Waals surface area contributed by atoms with Crippen molar-refractivity contribution in [2.45, 2.75) is 130 Å². The minimum Gasteiger partial charge on any atom is -1.00 e. The maximum Gasteiger partial charge on any atom is -1.00 e. The van der Waals surface area contributed by atoms with Crippen LogP contribution < -0.4 is 24.8 Å². The summed E-state index contributed by atoms with van der Waals surface area (Å²) in [5, 5.41) is 0. The first-order valence-corrected chi connectivity index (χ1v) is 21.8. The summed E-state index contributed by atoms with van der Waals surface area (Å²) in [4.78, 5) is 0. The second-order valence-electron chi connectivity index (χ2n) is 18.5. The standard InChI is InChI=1S/C23H29.C17H23.C3H6.2ClH.Zr/c1-14-9-16-11-17-10-15(2)21(23(6,7)8)13-19(17)18(16)12-20(14)22(3,4)5;1-11-3-4-14(5-11)17(2)15-7-12-6-13(9-15)10-16(17)8-12;1-3-2;;;/h9-13H,1-8H3;4-5,11-13,15-16H,6-10H2,1-2H3;1-2H3;2*1H;/q;;;;;+2/p-2. The summed E-state index contributed by atoms with van der Waals surface area (Å²) in [6.07, 6.45) is 13.1. The predicted molar refractivity (Wildman–Crippen MR) is 187 cm³/mol. The van der Waals surface area contributed by atoms with Gasteiger partial charge in [-0.3, -0.25) is 0 Å². The van der Waals surface area contributed by atoms with Crippen LogP contribution in [-0.4, -0.2) is 3.21 Å². The van der Waals surface area contributed by atoms with Crippen LogP contribution in [0.1, 0.15) is 138 Å². The molecule has 248 valence electrons. The molecule has 0 heterocycles. The average Bonchev–Trinajstić information content (AvgIpc) is 3.42. The van der Waals surface area contributed by atoms with Crippen LogP contribution in [0.25, 0.3) is 11.1 Å². The van der Waals surface area contributed by atoms with Crippen molar-refractivity contribution in [2.24, 2.45) is 35.0 Å². The zero-order valence-electron chi connectivity index (χ0n) is 30.7. The zero-order valence-corrected chi connectivity index (χ0v) is 34.7. The number of halogens is 2. The van der Waals surface area contributed by atoms with Crippen molar-refractivity contribution in [3.63, 3.8) is 0 Å². The van der Waals surface area contributed by atoms with E-state index in [0.717, 1.165) is 23.7 Å². The van der Waals surface area contributed by atoms with E-state index in [0.29, 0.717) is 15.0 Å². The molecular formula is C43H58Cl2Zr. The van der Waals surface area contributed by atoms with Gasteiger partial charge in [0.15, 0.2) is 0 Å².